The zero-order valence-corrected chi connectivity index (χ0v) is 18.2. The molecular formula is C25H30N4O2. The molecule has 6 heteroatoms. The minimum absolute atomic E-state index is 0.0623. The lowest BCUT2D eigenvalue weighted by molar-refractivity contribution is 0.0569. The molecule has 0 N–H and O–H groups in total. The van der Waals surface area contributed by atoms with Gasteiger partial charge in [-0.25, -0.2) is 4.98 Å². The Balaban J connectivity index is 1.24. The third-order valence-corrected chi connectivity index (χ3v) is 6.58. The molecule has 2 fully saturated rings. The Morgan fingerprint density at radius 2 is 1.81 bits per heavy atom. The molecule has 5 rings (SSSR count). The Hall–Kier alpha value is -2.86. The van der Waals surface area contributed by atoms with Gasteiger partial charge in [0, 0.05) is 44.6 Å². The molecule has 0 spiro atoms. The van der Waals surface area contributed by atoms with Crippen molar-refractivity contribution in [3.05, 3.63) is 65.6 Å². The van der Waals surface area contributed by atoms with Crippen molar-refractivity contribution in [2.75, 3.05) is 26.2 Å². The van der Waals surface area contributed by atoms with Crippen molar-refractivity contribution in [1.29, 1.82) is 0 Å². The van der Waals surface area contributed by atoms with Crippen molar-refractivity contribution in [1.82, 2.24) is 19.2 Å². The third-order valence-electron chi connectivity index (χ3n) is 6.58. The van der Waals surface area contributed by atoms with Crippen LogP contribution in [0.5, 0.6) is 5.75 Å². The lowest BCUT2D eigenvalue weighted by Crippen LogP contribution is -2.51. The van der Waals surface area contributed by atoms with E-state index in [4.69, 9.17) is 4.74 Å². The molecule has 2 aromatic heterocycles. The van der Waals surface area contributed by atoms with Crippen molar-refractivity contribution in [2.45, 2.75) is 45.3 Å². The number of aryl methyl sites for hydroxylation is 1. The SMILES string of the molecule is Cc1ccc2nc(COc3ccccc3C(=O)N3CCN(C4CCCC4)CC3)cn2c1. The summed E-state index contributed by atoms with van der Waals surface area (Å²) < 4.78 is 8.07. The molecule has 1 aliphatic heterocycles. The van der Waals surface area contributed by atoms with Gasteiger partial charge in [-0.05, 0) is 43.5 Å². The number of fused-ring (bicyclic) bond motifs is 1. The minimum atomic E-state index is 0.0623. The number of ether oxygens (including phenoxy) is 1. The van der Waals surface area contributed by atoms with Gasteiger partial charge in [-0.2, -0.15) is 0 Å². The number of nitrogens with zero attached hydrogens (tertiary/aromatic N) is 4. The highest BCUT2D eigenvalue weighted by molar-refractivity contribution is 5.97. The minimum Gasteiger partial charge on any atom is -0.486 e. The third kappa shape index (κ3) is 4.30. The van der Waals surface area contributed by atoms with Gasteiger partial charge in [0.05, 0.1) is 11.3 Å². The van der Waals surface area contributed by atoms with Crippen LogP contribution in [0.3, 0.4) is 0 Å². The van der Waals surface area contributed by atoms with Crippen LogP contribution in [0.2, 0.25) is 0 Å². The highest BCUT2D eigenvalue weighted by Crippen LogP contribution is 2.26. The Morgan fingerprint density at radius 3 is 2.61 bits per heavy atom. The molecule has 2 aliphatic rings. The molecule has 0 unspecified atom stereocenters. The Labute approximate surface area is 183 Å². The van der Waals surface area contributed by atoms with Gasteiger partial charge in [0.2, 0.25) is 0 Å². The first-order valence-electron chi connectivity index (χ1n) is 11.4. The molecule has 0 radical (unpaired) electrons. The van der Waals surface area contributed by atoms with E-state index < -0.39 is 0 Å². The molecule has 3 aromatic rings. The fraction of sp³-hybridized carbons (Fsp3) is 0.440. The van der Waals surface area contributed by atoms with Crippen molar-refractivity contribution >= 4 is 11.6 Å². The summed E-state index contributed by atoms with van der Waals surface area (Å²) >= 11 is 0. The smallest absolute Gasteiger partial charge is 0.257 e. The molecule has 1 saturated carbocycles. The van der Waals surface area contributed by atoms with E-state index >= 15 is 0 Å². The highest BCUT2D eigenvalue weighted by Gasteiger charge is 2.29. The number of piperazine rings is 1. The van der Waals surface area contributed by atoms with Crippen LogP contribution in [0, 0.1) is 6.92 Å². The number of para-hydroxylation sites is 1. The first-order valence-corrected chi connectivity index (χ1v) is 11.4. The van der Waals surface area contributed by atoms with Crippen molar-refractivity contribution in [3.63, 3.8) is 0 Å². The second kappa shape index (κ2) is 8.71. The number of imidazole rings is 1. The number of pyridine rings is 1. The van der Waals surface area contributed by atoms with E-state index in [0.29, 0.717) is 17.9 Å². The zero-order valence-electron chi connectivity index (χ0n) is 18.2. The predicted octanol–water partition coefficient (Wildman–Crippen LogP) is 3.92. The molecule has 1 aliphatic carbocycles. The Kier molecular flexibility index (Phi) is 5.64. The van der Waals surface area contributed by atoms with Crippen LogP contribution in [0.1, 0.15) is 47.3 Å². The van der Waals surface area contributed by atoms with E-state index in [1.807, 2.05) is 51.9 Å². The summed E-state index contributed by atoms with van der Waals surface area (Å²) in [4.78, 5) is 22.4. The lowest BCUT2D eigenvalue weighted by Gasteiger charge is -2.38. The molecule has 1 saturated heterocycles. The summed E-state index contributed by atoms with van der Waals surface area (Å²) in [5.74, 6) is 0.686. The number of carbonyl (C=O) groups excluding carboxylic acids is 1. The second-order valence-electron chi connectivity index (χ2n) is 8.76. The Morgan fingerprint density at radius 1 is 1.03 bits per heavy atom. The van der Waals surface area contributed by atoms with Crippen molar-refractivity contribution < 1.29 is 9.53 Å². The first-order chi connectivity index (χ1) is 15.2. The van der Waals surface area contributed by atoms with Crippen molar-refractivity contribution in [3.8, 4) is 5.75 Å². The van der Waals surface area contributed by atoms with E-state index in [2.05, 4.69) is 23.0 Å². The number of benzene rings is 1. The van der Waals surface area contributed by atoms with Crippen LogP contribution in [-0.2, 0) is 6.61 Å². The largest absolute Gasteiger partial charge is 0.486 e. The average molecular weight is 419 g/mol. The summed E-state index contributed by atoms with van der Waals surface area (Å²) in [6, 6.07) is 12.3. The molecule has 3 heterocycles. The molecular weight excluding hydrogens is 388 g/mol. The van der Waals surface area contributed by atoms with Crippen LogP contribution in [-0.4, -0.2) is 57.3 Å². The standard InChI is InChI=1S/C25H30N4O2/c1-19-10-11-24-26-20(17-29(24)16-19)18-31-23-9-5-4-8-22(23)25(30)28-14-12-27(13-15-28)21-6-2-3-7-21/h4-5,8-11,16-17,21H,2-3,6-7,12-15,18H2,1H3. The summed E-state index contributed by atoms with van der Waals surface area (Å²) in [5, 5.41) is 0. The number of rotatable bonds is 5. The van der Waals surface area contributed by atoms with Gasteiger partial charge < -0.3 is 14.0 Å². The molecule has 31 heavy (non-hydrogen) atoms. The summed E-state index contributed by atoms with van der Waals surface area (Å²) in [5.41, 5.74) is 3.56. The lowest BCUT2D eigenvalue weighted by atomic mass is 10.1. The summed E-state index contributed by atoms with van der Waals surface area (Å²) in [6.45, 7) is 5.91. The molecule has 162 valence electrons. The van der Waals surface area contributed by atoms with Crippen LogP contribution in [0.25, 0.3) is 5.65 Å². The van der Waals surface area contributed by atoms with Crippen LogP contribution < -0.4 is 4.74 Å². The monoisotopic (exact) mass is 418 g/mol. The average Bonchev–Trinajstić information content (AvgIpc) is 3.47. The maximum absolute atomic E-state index is 13.2. The summed E-state index contributed by atoms with van der Waals surface area (Å²) in [7, 11) is 0. The maximum atomic E-state index is 13.2. The van der Waals surface area contributed by atoms with Crippen LogP contribution in [0.4, 0.5) is 0 Å². The highest BCUT2D eigenvalue weighted by atomic mass is 16.5. The molecule has 0 atom stereocenters. The topological polar surface area (TPSA) is 50.1 Å². The van der Waals surface area contributed by atoms with E-state index in [0.717, 1.165) is 43.6 Å². The van der Waals surface area contributed by atoms with Gasteiger partial charge in [-0.1, -0.05) is 31.0 Å². The number of carbonyl (C=O) groups is 1. The van der Waals surface area contributed by atoms with Gasteiger partial charge >= 0.3 is 0 Å². The van der Waals surface area contributed by atoms with Crippen LogP contribution in [0.15, 0.2) is 48.8 Å². The van der Waals surface area contributed by atoms with Gasteiger partial charge in [-0.15, -0.1) is 0 Å². The molecule has 6 nitrogen and oxygen atoms in total. The normalized spacial score (nSPS) is 18.0. The fourth-order valence-electron chi connectivity index (χ4n) is 4.88. The van der Waals surface area contributed by atoms with E-state index in [1.165, 1.54) is 31.2 Å². The Bertz CT molecular complexity index is 1060. The zero-order chi connectivity index (χ0) is 21.2. The van der Waals surface area contributed by atoms with Gasteiger partial charge in [0.1, 0.15) is 18.0 Å². The van der Waals surface area contributed by atoms with Crippen LogP contribution >= 0.6 is 0 Å². The van der Waals surface area contributed by atoms with Gasteiger partial charge in [0.15, 0.2) is 0 Å². The number of amides is 1. The number of hydrogen-bond acceptors (Lipinski definition) is 4. The van der Waals surface area contributed by atoms with Crippen molar-refractivity contribution in [2.24, 2.45) is 0 Å². The predicted molar refractivity (Wildman–Crippen MR) is 120 cm³/mol. The van der Waals surface area contributed by atoms with E-state index in [1.54, 1.807) is 0 Å². The number of hydrogen-bond donors (Lipinski definition) is 0. The first kappa shape index (κ1) is 20.1. The molecule has 1 amide bonds. The molecule has 1 aromatic carbocycles. The maximum Gasteiger partial charge on any atom is 0.257 e. The number of aromatic nitrogens is 2. The van der Waals surface area contributed by atoms with E-state index in [9.17, 15) is 4.79 Å². The van der Waals surface area contributed by atoms with Gasteiger partial charge in [-0.3, -0.25) is 9.69 Å². The fourth-order valence-corrected chi connectivity index (χ4v) is 4.88. The second-order valence-corrected chi connectivity index (χ2v) is 8.76. The van der Waals surface area contributed by atoms with Gasteiger partial charge in [0.25, 0.3) is 5.91 Å². The van der Waals surface area contributed by atoms with E-state index in [-0.39, 0.29) is 5.91 Å². The quantitative estimate of drug-likeness (QED) is 0.630. The summed E-state index contributed by atoms with van der Waals surface area (Å²) in [6.07, 6.45) is 9.35. The molecule has 0 bridgehead atoms.